The molecule has 1 heterocycles. The summed E-state index contributed by atoms with van der Waals surface area (Å²) in [7, 11) is 0. The van der Waals surface area contributed by atoms with Crippen LogP contribution < -0.4 is 15.4 Å². The van der Waals surface area contributed by atoms with Crippen molar-refractivity contribution in [3.8, 4) is 5.88 Å². The van der Waals surface area contributed by atoms with Gasteiger partial charge in [-0.2, -0.15) is 4.98 Å². The molecule has 0 saturated heterocycles. The van der Waals surface area contributed by atoms with Crippen molar-refractivity contribution >= 4 is 17.5 Å². The van der Waals surface area contributed by atoms with E-state index in [1.807, 2.05) is 50.2 Å². The number of anilines is 2. The molecule has 0 aliphatic heterocycles. The quantitative estimate of drug-likeness (QED) is 0.606. The van der Waals surface area contributed by atoms with E-state index < -0.39 is 0 Å². The van der Waals surface area contributed by atoms with Gasteiger partial charge in [0.05, 0.1) is 0 Å². The Morgan fingerprint density at radius 1 is 1.00 bits per heavy atom. The fourth-order valence-electron chi connectivity index (χ4n) is 2.76. The van der Waals surface area contributed by atoms with Crippen LogP contribution in [-0.2, 0) is 17.8 Å². The van der Waals surface area contributed by atoms with E-state index in [1.54, 1.807) is 6.07 Å². The third-order valence-electron chi connectivity index (χ3n) is 4.38. The molecule has 0 unspecified atom stereocenters. The number of hydrogen-bond acceptors (Lipinski definition) is 5. The molecular formula is C23H26N4O2. The summed E-state index contributed by atoms with van der Waals surface area (Å²) in [6, 6.07) is 17.8. The molecule has 0 fully saturated rings. The number of aromatic nitrogens is 2. The van der Waals surface area contributed by atoms with Gasteiger partial charge in [-0.15, -0.1) is 0 Å². The van der Waals surface area contributed by atoms with Gasteiger partial charge in [-0.1, -0.05) is 48.9 Å². The molecule has 0 atom stereocenters. The molecule has 0 bridgehead atoms. The Labute approximate surface area is 171 Å². The zero-order chi connectivity index (χ0) is 20.6. The van der Waals surface area contributed by atoms with Crippen LogP contribution in [0.25, 0.3) is 0 Å². The number of benzene rings is 2. The Kier molecular flexibility index (Phi) is 6.79. The summed E-state index contributed by atoms with van der Waals surface area (Å²) in [5.74, 6) is 0.595. The number of carbonyl (C=O) groups excluding carboxylic acids is 1. The highest BCUT2D eigenvalue weighted by Gasteiger charge is 2.07. The summed E-state index contributed by atoms with van der Waals surface area (Å²) >= 11 is 0. The minimum absolute atomic E-state index is 0.104. The molecule has 0 radical (unpaired) electrons. The molecule has 2 aromatic carbocycles. The maximum absolute atomic E-state index is 12.1. The number of aryl methyl sites for hydroxylation is 3. The predicted octanol–water partition coefficient (Wildman–Crippen LogP) is 4.09. The first-order chi connectivity index (χ1) is 14.0. The summed E-state index contributed by atoms with van der Waals surface area (Å²) < 4.78 is 5.58. The normalized spacial score (nSPS) is 10.4. The summed E-state index contributed by atoms with van der Waals surface area (Å²) in [4.78, 5) is 20.8. The van der Waals surface area contributed by atoms with Crippen molar-refractivity contribution < 1.29 is 9.53 Å². The van der Waals surface area contributed by atoms with Crippen molar-refractivity contribution in [2.45, 2.75) is 33.7 Å². The van der Waals surface area contributed by atoms with E-state index >= 15 is 0 Å². The van der Waals surface area contributed by atoms with Crippen molar-refractivity contribution in [2.75, 3.05) is 11.9 Å². The van der Waals surface area contributed by atoms with Gasteiger partial charge in [-0.05, 0) is 43.5 Å². The number of hydrogen-bond donors (Lipinski definition) is 2. The molecule has 3 rings (SSSR count). The molecule has 150 valence electrons. The molecule has 0 aliphatic rings. The van der Waals surface area contributed by atoms with Crippen LogP contribution in [0.15, 0.2) is 54.6 Å². The van der Waals surface area contributed by atoms with Crippen molar-refractivity contribution in [3.63, 3.8) is 0 Å². The van der Waals surface area contributed by atoms with E-state index in [0.717, 1.165) is 23.4 Å². The standard InChI is InChI=1S/C23H26N4O2/c1-4-18-6-5-7-20(13-18)26-23-25-17(3)12-22(27-23)29-15-21(28)24-14-19-10-8-16(2)9-11-19/h5-13H,4,14-15H2,1-3H3,(H,24,28)(H,25,26,27). The topological polar surface area (TPSA) is 76.1 Å². The molecule has 6 nitrogen and oxygen atoms in total. The molecule has 6 heteroatoms. The van der Waals surface area contributed by atoms with E-state index in [2.05, 4.69) is 39.7 Å². The van der Waals surface area contributed by atoms with Gasteiger partial charge in [0.1, 0.15) is 0 Å². The second-order valence-electron chi connectivity index (χ2n) is 6.90. The van der Waals surface area contributed by atoms with Crippen LogP contribution in [0.5, 0.6) is 5.88 Å². The highest BCUT2D eigenvalue weighted by Crippen LogP contribution is 2.18. The number of nitrogens with one attached hydrogen (secondary N) is 2. The molecule has 2 N–H and O–H groups in total. The van der Waals surface area contributed by atoms with E-state index in [-0.39, 0.29) is 12.5 Å². The lowest BCUT2D eigenvalue weighted by Gasteiger charge is -2.10. The largest absolute Gasteiger partial charge is 0.467 e. The maximum Gasteiger partial charge on any atom is 0.258 e. The van der Waals surface area contributed by atoms with Gasteiger partial charge in [0.15, 0.2) is 6.61 Å². The second-order valence-corrected chi connectivity index (χ2v) is 6.90. The highest BCUT2D eigenvalue weighted by molar-refractivity contribution is 5.77. The van der Waals surface area contributed by atoms with Crippen molar-refractivity contribution in [3.05, 3.63) is 77.0 Å². The SMILES string of the molecule is CCc1cccc(Nc2nc(C)cc(OCC(=O)NCc3ccc(C)cc3)n2)c1. The molecule has 1 amide bonds. The summed E-state index contributed by atoms with van der Waals surface area (Å²) in [5.41, 5.74) is 5.13. The van der Waals surface area contributed by atoms with Crippen LogP contribution in [-0.4, -0.2) is 22.5 Å². The zero-order valence-corrected chi connectivity index (χ0v) is 17.0. The lowest BCUT2D eigenvalue weighted by molar-refractivity contribution is -0.123. The summed E-state index contributed by atoms with van der Waals surface area (Å²) in [6.07, 6.45) is 0.955. The van der Waals surface area contributed by atoms with Crippen LogP contribution in [0.1, 0.15) is 29.3 Å². The average Bonchev–Trinajstić information content (AvgIpc) is 2.71. The zero-order valence-electron chi connectivity index (χ0n) is 17.0. The Balaban J connectivity index is 1.56. The molecular weight excluding hydrogens is 364 g/mol. The van der Waals surface area contributed by atoms with E-state index in [9.17, 15) is 4.79 Å². The number of ether oxygens (including phenoxy) is 1. The van der Waals surface area contributed by atoms with Gasteiger partial charge in [0, 0.05) is 24.0 Å². The fraction of sp³-hybridized carbons (Fsp3) is 0.261. The van der Waals surface area contributed by atoms with Gasteiger partial charge in [-0.3, -0.25) is 4.79 Å². The van der Waals surface area contributed by atoms with E-state index in [1.165, 1.54) is 11.1 Å². The van der Waals surface area contributed by atoms with Crippen LogP contribution in [0.2, 0.25) is 0 Å². The minimum atomic E-state index is -0.202. The third kappa shape index (κ3) is 6.31. The molecule has 0 spiro atoms. The Hall–Kier alpha value is -3.41. The van der Waals surface area contributed by atoms with Crippen molar-refractivity contribution in [1.29, 1.82) is 0 Å². The number of nitrogens with zero attached hydrogens (tertiary/aromatic N) is 2. The number of carbonyl (C=O) groups is 1. The van der Waals surface area contributed by atoms with Gasteiger partial charge >= 0.3 is 0 Å². The van der Waals surface area contributed by atoms with Crippen LogP contribution in [0.4, 0.5) is 11.6 Å². The predicted molar refractivity (Wildman–Crippen MR) is 114 cm³/mol. The fourth-order valence-corrected chi connectivity index (χ4v) is 2.76. The first-order valence-electron chi connectivity index (χ1n) is 9.68. The molecule has 29 heavy (non-hydrogen) atoms. The summed E-state index contributed by atoms with van der Waals surface area (Å²) in [6.45, 7) is 6.36. The van der Waals surface area contributed by atoms with E-state index in [4.69, 9.17) is 4.74 Å². The third-order valence-corrected chi connectivity index (χ3v) is 4.38. The van der Waals surface area contributed by atoms with Gasteiger partial charge in [0.25, 0.3) is 5.91 Å². The average molecular weight is 390 g/mol. The summed E-state index contributed by atoms with van der Waals surface area (Å²) in [5, 5.41) is 6.04. The van der Waals surface area contributed by atoms with Gasteiger partial charge in [0.2, 0.25) is 11.8 Å². The Morgan fingerprint density at radius 3 is 2.55 bits per heavy atom. The maximum atomic E-state index is 12.1. The molecule has 1 aromatic heterocycles. The van der Waals surface area contributed by atoms with Crippen LogP contribution in [0, 0.1) is 13.8 Å². The molecule has 3 aromatic rings. The smallest absolute Gasteiger partial charge is 0.258 e. The second kappa shape index (κ2) is 9.68. The van der Waals surface area contributed by atoms with Crippen molar-refractivity contribution in [2.24, 2.45) is 0 Å². The lowest BCUT2D eigenvalue weighted by Crippen LogP contribution is -2.28. The van der Waals surface area contributed by atoms with Crippen molar-refractivity contribution in [1.82, 2.24) is 15.3 Å². The monoisotopic (exact) mass is 390 g/mol. The number of amides is 1. The highest BCUT2D eigenvalue weighted by atomic mass is 16.5. The first kappa shape index (κ1) is 20.3. The molecule has 0 saturated carbocycles. The Bertz CT molecular complexity index is 971. The molecule has 0 aliphatic carbocycles. The lowest BCUT2D eigenvalue weighted by atomic mass is 10.1. The van der Waals surface area contributed by atoms with Crippen LogP contribution >= 0.6 is 0 Å². The number of rotatable bonds is 8. The van der Waals surface area contributed by atoms with Crippen LogP contribution in [0.3, 0.4) is 0 Å². The Morgan fingerprint density at radius 2 is 1.79 bits per heavy atom. The van der Waals surface area contributed by atoms with Gasteiger partial charge in [-0.25, -0.2) is 4.98 Å². The van der Waals surface area contributed by atoms with Gasteiger partial charge < -0.3 is 15.4 Å². The minimum Gasteiger partial charge on any atom is -0.467 e. The van der Waals surface area contributed by atoms with E-state index in [0.29, 0.717) is 18.4 Å². The first-order valence-corrected chi connectivity index (χ1v) is 9.68.